The molecule has 0 radical (unpaired) electrons. The van der Waals surface area contributed by atoms with Gasteiger partial charge in [0.15, 0.2) is 11.6 Å². The summed E-state index contributed by atoms with van der Waals surface area (Å²) in [5, 5.41) is 27.9. The van der Waals surface area contributed by atoms with Crippen LogP contribution in [0.4, 0.5) is 4.39 Å². The quantitative estimate of drug-likeness (QED) is 0.581. The molecule has 0 heterocycles. The van der Waals surface area contributed by atoms with Gasteiger partial charge in [-0.1, -0.05) is 6.07 Å². The summed E-state index contributed by atoms with van der Waals surface area (Å²) in [5.41, 5.74) is 5.43. The summed E-state index contributed by atoms with van der Waals surface area (Å²) in [6.07, 6.45) is -1.99. The molecule has 4 nitrogen and oxygen atoms in total. The summed E-state index contributed by atoms with van der Waals surface area (Å²) in [4.78, 5) is 0. The van der Waals surface area contributed by atoms with Crippen LogP contribution in [0.5, 0.6) is 5.75 Å². The minimum absolute atomic E-state index is 0.214. The standard InChI is InChI=1S/C10H14FNO3/c11-7-5-6(1-2-8(7)13)10(15)9(14)3-4-12/h1-2,5,9-10,13-15H,3-4,12H2. The van der Waals surface area contributed by atoms with Gasteiger partial charge in [0.25, 0.3) is 0 Å². The van der Waals surface area contributed by atoms with Crippen LogP contribution in [0, 0.1) is 5.82 Å². The first-order valence-corrected chi connectivity index (χ1v) is 4.61. The number of nitrogens with two attached hydrogens (primary N) is 1. The Morgan fingerprint density at radius 2 is 2.00 bits per heavy atom. The average Bonchev–Trinajstić information content (AvgIpc) is 2.21. The van der Waals surface area contributed by atoms with Crippen LogP contribution in [0.2, 0.25) is 0 Å². The van der Waals surface area contributed by atoms with Crippen molar-refractivity contribution in [1.29, 1.82) is 0 Å². The predicted octanol–water partition coefficient (Wildman–Crippen LogP) is 0.274. The molecule has 0 aliphatic carbocycles. The zero-order valence-corrected chi connectivity index (χ0v) is 8.10. The lowest BCUT2D eigenvalue weighted by molar-refractivity contribution is 0.0148. The zero-order chi connectivity index (χ0) is 11.4. The lowest BCUT2D eigenvalue weighted by Crippen LogP contribution is -2.21. The molecule has 5 heteroatoms. The topological polar surface area (TPSA) is 86.7 Å². The maximum Gasteiger partial charge on any atom is 0.165 e. The van der Waals surface area contributed by atoms with Gasteiger partial charge in [0.1, 0.15) is 6.10 Å². The molecule has 2 unspecified atom stereocenters. The summed E-state index contributed by atoms with van der Waals surface area (Å²) in [5.74, 6) is -1.31. The van der Waals surface area contributed by atoms with Gasteiger partial charge in [-0.15, -0.1) is 0 Å². The van der Waals surface area contributed by atoms with Crippen LogP contribution in [0.3, 0.4) is 0 Å². The van der Waals surface area contributed by atoms with E-state index in [1.165, 1.54) is 6.07 Å². The lowest BCUT2D eigenvalue weighted by atomic mass is 10.0. The molecule has 0 spiro atoms. The molecule has 1 aromatic rings. The lowest BCUT2D eigenvalue weighted by Gasteiger charge is -2.17. The van der Waals surface area contributed by atoms with E-state index in [9.17, 15) is 14.6 Å². The zero-order valence-electron chi connectivity index (χ0n) is 8.10. The normalized spacial score (nSPS) is 14.9. The first-order chi connectivity index (χ1) is 7.06. The highest BCUT2D eigenvalue weighted by molar-refractivity contribution is 5.29. The summed E-state index contributed by atoms with van der Waals surface area (Å²) in [7, 11) is 0. The molecular formula is C10H14FNO3. The van der Waals surface area contributed by atoms with E-state index in [1.54, 1.807) is 0 Å². The fourth-order valence-electron chi connectivity index (χ4n) is 1.26. The van der Waals surface area contributed by atoms with Crippen molar-refractivity contribution in [3.05, 3.63) is 29.6 Å². The van der Waals surface area contributed by atoms with E-state index in [0.717, 1.165) is 12.1 Å². The van der Waals surface area contributed by atoms with E-state index >= 15 is 0 Å². The van der Waals surface area contributed by atoms with Crippen molar-refractivity contribution in [1.82, 2.24) is 0 Å². The Labute approximate surface area is 86.8 Å². The van der Waals surface area contributed by atoms with E-state index in [0.29, 0.717) is 0 Å². The van der Waals surface area contributed by atoms with Crippen molar-refractivity contribution in [2.75, 3.05) is 6.54 Å². The number of rotatable bonds is 4. The second kappa shape index (κ2) is 5.06. The molecule has 0 aromatic heterocycles. The molecule has 0 aliphatic heterocycles. The number of aliphatic hydroxyl groups excluding tert-OH is 2. The van der Waals surface area contributed by atoms with Crippen molar-refractivity contribution in [3.8, 4) is 5.75 Å². The van der Waals surface area contributed by atoms with Crippen molar-refractivity contribution >= 4 is 0 Å². The first kappa shape index (κ1) is 11.9. The molecule has 2 atom stereocenters. The highest BCUT2D eigenvalue weighted by Gasteiger charge is 2.18. The average molecular weight is 215 g/mol. The largest absolute Gasteiger partial charge is 0.505 e. The summed E-state index contributed by atoms with van der Waals surface area (Å²) in [6.45, 7) is 0.235. The Balaban J connectivity index is 2.81. The molecule has 5 N–H and O–H groups in total. The van der Waals surface area contributed by atoms with Crippen LogP contribution in [-0.2, 0) is 0 Å². The van der Waals surface area contributed by atoms with Crippen molar-refractivity contribution < 1.29 is 19.7 Å². The van der Waals surface area contributed by atoms with E-state index in [4.69, 9.17) is 10.8 Å². The Hall–Kier alpha value is -1.17. The maximum atomic E-state index is 12.9. The number of phenols is 1. The summed E-state index contributed by atoms with van der Waals surface area (Å²) < 4.78 is 12.9. The van der Waals surface area contributed by atoms with E-state index in [2.05, 4.69) is 0 Å². The van der Waals surface area contributed by atoms with Gasteiger partial charge in [0, 0.05) is 0 Å². The van der Waals surface area contributed by atoms with Gasteiger partial charge in [0.05, 0.1) is 6.10 Å². The van der Waals surface area contributed by atoms with Crippen LogP contribution in [0.25, 0.3) is 0 Å². The molecule has 0 saturated heterocycles. The number of aromatic hydroxyl groups is 1. The number of benzene rings is 1. The molecule has 1 rings (SSSR count). The van der Waals surface area contributed by atoms with Gasteiger partial charge in [-0.3, -0.25) is 0 Å². The SMILES string of the molecule is NCCC(O)C(O)c1ccc(O)c(F)c1. The van der Waals surface area contributed by atoms with Gasteiger partial charge >= 0.3 is 0 Å². The summed E-state index contributed by atoms with van der Waals surface area (Å²) >= 11 is 0. The Morgan fingerprint density at radius 1 is 1.33 bits per heavy atom. The van der Waals surface area contributed by atoms with Crippen LogP contribution < -0.4 is 5.73 Å². The second-order valence-corrected chi connectivity index (χ2v) is 3.30. The molecule has 0 fully saturated rings. The third-order valence-electron chi connectivity index (χ3n) is 2.14. The number of phenolic OH excluding ortho intramolecular Hbond substituents is 1. The predicted molar refractivity (Wildman–Crippen MR) is 52.7 cm³/mol. The molecule has 1 aromatic carbocycles. The Kier molecular flexibility index (Phi) is 4.02. The highest BCUT2D eigenvalue weighted by atomic mass is 19.1. The van der Waals surface area contributed by atoms with Gasteiger partial charge in [0.2, 0.25) is 0 Å². The molecule has 0 saturated carbocycles. The number of aliphatic hydroxyl groups is 2. The van der Waals surface area contributed by atoms with E-state index in [-0.39, 0.29) is 18.5 Å². The minimum atomic E-state index is -1.19. The van der Waals surface area contributed by atoms with Crippen molar-refractivity contribution in [2.45, 2.75) is 18.6 Å². The van der Waals surface area contributed by atoms with Gasteiger partial charge in [-0.2, -0.15) is 0 Å². The maximum absolute atomic E-state index is 12.9. The molecule has 0 amide bonds. The Morgan fingerprint density at radius 3 is 2.53 bits per heavy atom. The van der Waals surface area contributed by atoms with Crippen LogP contribution >= 0.6 is 0 Å². The number of hydrogen-bond acceptors (Lipinski definition) is 4. The third-order valence-corrected chi connectivity index (χ3v) is 2.14. The van der Waals surface area contributed by atoms with Gasteiger partial charge in [-0.05, 0) is 30.7 Å². The number of hydrogen-bond donors (Lipinski definition) is 4. The number of halogens is 1. The van der Waals surface area contributed by atoms with Crippen molar-refractivity contribution in [3.63, 3.8) is 0 Å². The van der Waals surface area contributed by atoms with E-state index in [1.807, 2.05) is 0 Å². The fraction of sp³-hybridized carbons (Fsp3) is 0.400. The Bertz CT molecular complexity index is 332. The molecule has 84 valence electrons. The smallest absolute Gasteiger partial charge is 0.165 e. The van der Waals surface area contributed by atoms with Crippen LogP contribution in [0.1, 0.15) is 18.1 Å². The van der Waals surface area contributed by atoms with Crippen molar-refractivity contribution in [2.24, 2.45) is 5.73 Å². The molecule has 0 aliphatic rings. The van der Waals surface area contributed by atoms with E-state index < -0.39 is 23.8 Å². The minimum Gasteiger partial charge on any atom is -0.505 e. The van der Waals surface area contributed by atoms with Gasteiger partial charge in [-0.25, -0.2) is 4.39 Å². The molecular weight excluding hydrogens is 201 g/mol. The highest BCUT2D eigenvalue weighted by Crippen LogP contribution is 2.23. The van der Waals surface area contributed by atoms with Crippen LogP contribution in [0.15, 0.2) is 18.2 Å². The fourth-order valence-corrected chi connectivity index (χ4v) is 1.26. The van der Waals surface area contributed by atoms with Gasteiger partial charge < -0.3 is 21.1 Å². The molecule has 0 bridgehead atoms. The third kappa shape index (κ3) is 2.89. The molecule has 15 heavy (non-hydrogen) atoms. The summed E-state index contributed by atoms with van der Waals surface area (Å²) in [6, 6.07) is 3.46. The van der Waals surface area contributed by atoms with Crippen LogP contribution in [-0.4, -0.2) is 28.0 Å². The first-order valence-electron chi connectivity index (χ1n) is 4.61. The second-order valence-electron chi connectivity index (χ2n) is 3.30. The monoisotopic (exact) mass is 215 g/mol.